The van der Waals surface area contributed by atoms with Crippen molar-refractivity contribution in [3.63, 3.8) is 0 Å². The molecule has 6 atom stereocenters. The second-order valence-corrected chi connectivity index (χ2v) is 6.23. The quantitative estimate of drug-likeness (QED) is 0.261. The van der Waals surface area contributed by atoms with Crippen molar-refractivity contribution in [3.05, 3.63) is 0 Å². The molecule has 0 aliphatic heterocycles. The van der Waals surface area contributed by atoms with Crippen LogP contribution in [0, 0.1) is 83.5 Å². The van der Waals surface area contributed by atoms with Crippen LogP contribution in [0.15, 0.2) is 0 Å². The van der Waals surface area contributed by atoms with Crippen molar-refractivity contribution in [3.8, 4) is 0 Å². The van der Waals surface area contributed by atoms with E-state index in [2.05, 4.69) is 12.9 Å². The van der Waals surface area contributed by atoms with Crippen molar-refractivity contribution in [2.75, 3.05) is 7.11 Å². The minimum Gasteiger partial charge on any atom is -0.563 e. The summed E-state index contributed by atoms with van der Waals surface area (Å²) in [5.41, 5.74) is 0. The summed E-state index contributed by atoms with van der Waals surface area (Å²) in [6.45, 7) is 0. The summed E-state index contributed by atoms with van der Waals surface area (Å²) in [7, 11) is -18.4. The van der Waals surface area contributed by atoms with E-state index in [0.717, 1.165) is 7.11 Å². The van der Waals surface area contributed by atoms with Gasteiger partial charge in [0.25, 0.3) is 0 Å². The van der Waals surface area contributed by atoms with Crippen LogP contribution >= 0.6 is 49.5 Å². The molecule has 0 aliphatic rings. The van der Waals surface area contributed by atoms with Gasteiger partial charge in [0.15, 0.2) is 0 Å². The molecule has 0 saturated heterocycles. The van der Waals surface area contributed by atoms with Gasteiger partial charge < -0.3 is 34.5 Å². The van der Waals surface area contributed by atoms with E-state index in [1.54, 1.807) is 0 Å². The monoisotopic (exact) mass is 738 g/mol. The third-order valence-electron chi connectivity index (χ3n) is 0.400. The predicted octanol–water partition coefficient (Wildman–Crippen LogP) is -3.28. The molecule has 136 valence electrons. The first kappa shape index (κ1) is 42.1. The van der Waals surface area contributed by atoms with Crippen molar-refractivity contribution in [1.29, 1.82) is 0 Å². The molecule has 0 saturated carbocycles. The molecule has 0 rings (SSSR count). The second kappa shape index (κ2) is 31.6. The Morgan fingerprint density at radius 3 is 0.560 bits per heavy atom. The molecule has 0 fully saturated rings. The summed E-state index contributed by atoms with van der Waals surface area (Å²) >= 11 is 0. The molecule has 0 aromatic carbocycles. The number of rotatable bonds is 6. The normalized spacial score (nSPS) is 11.5. The molecule has 25 heavy (non-hydrogen) atoms. The number of aliphatic hydroxyl groups excluding tert-OH is 1. The van der Waals surface area contributed by atoms with Crippen molar-refractivity contribution in [2.24, 2.45) is 0 Å². The summed E-state index contributed by atoms with van der Waals surface area (Å²) in [6, 6.07) is 0. The van der Waals surface area contributed by atoms with Gasteiger partial charge >= 0.3 is 133 Å². The second-order valence-electron chi connectivity index (χ2n) is 1.59. The molecule has 0 heterocycles. The van der Waals surface area contributed by atoms with Crippen LogP contribution in [0.3, 0.4) is 0 Å². The van der Waals surface area contributed by atoms with Crippen molar-refractivity contribution in [2.45, 2.75) is 0 Å². The van der Waals surface area contributed by atoms with Crippen molar-refractivity contribution in [1.82, 2.24) is 0 Å². The fraction of sp³-hybridized carbons (Fsp3) is 1.00. The average Bonchev–Trinajstić information content (AvgIpc) is 2.26. The number of hydrogen-bond donors (Lipinski definition) is 1. The summed E-state index contributed by atoms with van der Waals surface area (Å²) in [6.07, 6.45) is 0. The van der Waals surface area contributed by atoms with E-state index in [1.165, 1.54) is 0 Å². The fourth-order valence-electron chi connectivity index (χ4n) is 0.163. The molecule has 0 amide bonds. The largest absolute Gasteiger partial charge is 3.00 e. The minimum absolute atomic E-state index is 0. The third-order valence-corrected chi connectivity index (χ3v) is 3.60. The Balaban J connectivity index is -0.0000000496. The van der Waals surface area contributed by atoms with Gasteiger partial charge in [-0.2, -0.15) is 0 Å². The first-order valence-electron chi connectivity index (χ1n) is 3.73. The summed E-state index contributed by atoms with van der Waals surface area (Å²) in [4.78, 5) is 55.4. The molecule has 2 radical (unpaired) electrons. The van der Waals surface area contributed by atoms with Crippen LogP contribution in [0.5, 0.6) is 0 Å². The molecule has 0 spiro atoms. The Labute approximate surface area is 212 Å². The first-order valence-corrected chi connectivity index (χ1v) is 10.3. The number of hydrogen-bond acceptors (Lipinski definition) is 16. The van der Waals surface area contributed by atoms with Gasteiger partial charge in [-0.25, -0.2) is 0 Å². The summed E-state index contributed by atoms with van der Waals surface area (Å²) in [5, 5.41) is 7.00. The van der Waals surface area contributed by atoms with Crippen LogP contribution in [-0.4, -0.2) is 12.2 Å². The van der Waals surface area contributed by atoms with Crippen molar-refractivity contribution < 1.29 is 158 Å². The molecule has 6 unspecified atom stereocenters. The van der Waals surface area contributed by atoms with E-state index in [1.807, 2.05) is 0 Å². The van der Waals surface area contributed by atoms with Crippen LogP contribution in [0.4, 0.5) is 0 Å². The van der Waals surface area contributed by atoms with Gasteiger partial charge in [0.2, 0.25) is 0 Å². The van der Waals surface area contributed by atoms with Crippen LogP contribution in [0.2, 0.25) is 0 Å². The maximum Gasteiger partial charge on any atom is 3.00 e. The third kappa shape index (κ3) is 75.1. The standard InChI is InChI=1S/CH4O.2Ce.3O5P2/c1-2;;;3*1-6(2)5-7(3)4/h2H,1H3;;;;;/q;2*+3;;;. The molecule has 0 bridgehead atoms. The van der Waals surface area contributed by atoms with E-state index in [-0.39, 0.29) is 83.5 Å². The van der Waals surface area contributed by atoms with Crippen LogP contribution < -0.4 is 29.4 Å². The zero-order valence-electron chi connectivity index (χ0n) is 11.3. The molecule has 0 aliphatic carbocycles. The smallest absolute Gasteiger partial charge is 0.563 e. The molecular formula is CH4Ce2O16P6+6. The molecular weight excluding hydrogens is 734 g/mol. The zero-order valence-corrected chi connectivity index (χ0v) is 22.9. The molecule has 0 aromatic heterocycles. The van der Waals surface area contributed by atoms with Crippen molar-refractivity contribution >= 4 is 49.5 Å². The van der Waals surface area contributed by atoms with Crippen LogP contribution in [0.1, 0.15) is 0 Å². The van der Waals surface area contributed by atoms with E-state index in [0.29, 0.717) is 0 Å². The summed E-state index contributed by atoms with van der Waals surface area (Å²) in [5.74, 6) is 0. The van der Waals surface area contributed by atoms with E-state index < -0.39 is 49.5 Å². The van der Waals surface area contributed by atoms with Gasteiger partial charge in [-0.3, -0.25) is 0 Å². The van der Waals surface area contributed by atoms with E-state index in [4.69, 9.17) is 5.11 Å². The van der Waals surface area contributed by atoms with E-state index in [9.17, 15) is 56.8 Å². The SMILES string of the molecule is CO.O=[P+]([O-])O[P+](=O)[O-].O=[P+]([O-])O[P+](=O)[O-].O=[P+]([O-])O[P+](=O)[O-].[Ce+3].[Ce+3]. The number of aliphatic hydroxyl groups is 1. The Bertz CT molecular complexity index is 325. The minimum atomic E-state index is -3.24. The van der Waals surface area contributed by atoms with Gasteiger partial charge in [0.05, 0.1) is 0 Å². The van der Waals surface area contributed by atoms with Gasteiger partial charge in [-0.15, -0.1) is 0 Å². The van der Waals surface area contributed by atoms with Crippen LogP contribution in [0.25, 0.3) is 0 Å². The Hall–Kier alpha value is 2.95. The maximum atomic E-state index is 9.24. The molecule has 16 nitrogen and oxygen atoms in total. The predicted molar refractivity (Wildman–Crippen MR) is 57.0 cm³/mol. The molecule has 1 N–H and O–H groups in total. The fourth-order valence-corrected chi connectivity index (χ4v) is 1.47. The van der Waals surface area contributed by atoms with E-state index >= 15 is 0 Å². The van der Waals surface area contributed by atoms with Gasteiger partial charge in [0.1, 0.15) is 12.9 Å². The van der Waals surface area contributed by atoms with Gasteiger partial charge in [-0.1, -0.05) is 0 Å². The molecule has 24 heteroatoms. The van der Waals surface area contributed by atoms with Gasteiger partial charge in [-0.05, 0) is 27.4 Å². The maximum absolute atomic E-state index is 9.24. The topological polar surface area (TPSA) is 289 Å². The Morgan fingerprint density at radius 2 is 0.560 bits per heavy atom. The zero-order chi connectivity index (χ0) is 19.6. The average molecular weight is 738 g/mol. The Morgan fingerprint density at radius 1 is 0.480 bits per heavy atom. The Kier molecular flexibility index (Phi) is 53.3. The van der Waals surface area contributed by atoms with Crippen LogP contribution in [-0.2, 0) is 40.3 Å². The summed E-state index contributed by atoms with van der Waals surface area (Å²) < 4.78 is 64.9. The first-order chi connectivity index (χ1) is 10.4. The van der Waals surface area contributed by atoms with Gasteiger partial charge in [0, 0.05) is 7.11 Å². The molecule has 0 aromatic rings.